The summed E-state index contributed by atoms with van der Waals surface area (Å²) in [4.78, 5) is 22.9. The maximum atomic E-state index is 11.9. The largest absolute Gasteiger partial charge is 0.481 e. The van der Waals surface area contributed by atoms with Gasteiger partial charge in [0.2, 0.25) is 5.91 Å². The third-order valence-corrected chi connectivity index (χ3v) is 3.76. The quantitative estimate of drug-likeness (QED) is 0.757. The van der Waals surface area contributed by atoms with E-state index < -0.39 is 11.9 Å². The van der Waals surface area contributed by atoms with Crippen molar-refractivity contribution >= 4 is 11.9 Å². The molecule has 5 nitrogen and oxygen atoms in total. The highest BCUT2D eigenvalue weighted by Gasteiger charge is 2.37. The first kappa shape index (κ1) is 12.4. The van der Waals surface area contributed by atoms with Crippen LogP contribution >= 0.6 is 0 Å². The van der Waals surface area contributed by atoms with E-state index in [1.807, 2.05) is 0 Å². The molecule has 3 unspecified atom stereocenters. The van der Waals surface area contributed by atoms with Gasteiger partial charge >= 0.3 is 5.97 Å². The second kappa shape index (κ2) is 5.49. The molecule has 2 rings (SSSR count). The Morgan fingerprint density at radius 3 is 2.65 bits per heavy atom. The van der Waals surface area contributed by atoms with E-state index in [9.17, 15) is 9.59 Å². The molecule has 1 saturated heterocycles. The molecule has 0 spiro atoms. The van der Waals surface area contributed by atoms with Crippen LogP contribution in [0.25, 0.3) is 0 Å². The standard InChI is InChI=1S/C12H19NO4/c14-11(13-6-8-4-5-17-7-8)9-2-1-3-10(9)12(15)16/h8-10H,1-7H2,(H,13,14)(H,15,16). The summed E-state index contributed by atoms with van der Waals surface area (Å²) >= 11 is 0. The summed E-state index contributed by atoms with van der Waals surface area (Å²) in [5, 5.41) is 11.9. The van der Waals surface area contributed by atoms with Crippen LogP contribution in [0.1, 0.15) is 25.7 Å². The van der Waals surface area contributed by atoms with Crippen LogP contribution in [0.4, 0.5) is 0 Å². The molecule has 1 aliphatic heterocycles. The van der Waals surface area contributed by atoms with Gasteiger partial charge < -0.3 is 15.2 Å². The van der Waals surface area contributed by atoms with E-state index in [1.54, 1.807) is 0 Å². The molecular weight excluding hydrogens is 222 g/mol. The minimum absolute atomic E-state index is 0.0956. The van der Waals surface area contributed by atoms with Crippen molar-refractivity contribution in [1.29, 1.82) is 0 Å². The zero-order valence-corrected chi connectivity index (χ0v) is 9.85. The Bertz CT molecular complexity index is 299. The number of hydrogen-bond donors (Lipinski definition) is 2. The maximum absolute atomic E-state index is 11.9. The lowest BCUT2D eigenvalue weighted by atomic mass is 9.95. The van der Waals surface area contributed by atoms with Crippen molar-refractivity contribution in [2.45, 2.75) is 25.7 Å². The number of amides is 1. The molecule has 2 N–H and O–H groups in total. The SMILES string of the molecule is O=C(O)C1CCCC1C(=O)NCC1CCOC1. The molecule has 5 heteroatoms. The minimum atomic E-state index is -0.841. The number of ether oxygens (including phenoxy) is 1. The van der Waals surface area contributed by atoms with Crippen molar-refractivity contribution in [3.63, 3.8) is 0 Å². The predicted octanol–water partition coefficient (Wildman–Crippen LogP) is 0.640. The monoisotopic (exact) mass is 241 g/mol. The number of hydrogen-bond acceptors (Lipinski definition) is 3. The van der Waals surface area contributed by atoms with E-state index in [4.69, 9.17) is 9.84 Å². The Morgan fingerprint density at radius 1 is 1.24 bits per heavy atom. The highest BCUT2D eigenvalue weighted by molar-refractivity contribution is 5.85. The van der Waals surface area contributed by atoms with Gasteiger partial charge in [-0.25, -0.2) is 0 Å². The van der Waals surface area contributed by atoms with Crippen LogP contribution in [0.2, 0.25) is 0 Å². The fourth-order valence-electron chi connectivity index (χ4n) is 2.69. The highest BCUT2D eigenvalue weighted by atomic mass is 16.5. The number of nitrogens with one attached hydrogen (secondary N) is 1. The smallest absolute Gasteiger partial charge is 0.307 e. The second-order valence-electron chi connectivity index (χ2n) is 4.96. The third-order valence-electron chi connectivity index (χ3n) is 3.76. The first-order valence-electron chi connectivity index (χ1n) is 6.26. The number of rotatable bonds is 4. The molecule has 1 saturated carbocycles. The third kappa shape index (κ3) is 2.97. The molecule has 3 atom stereocenters. The highest BCUT2D eigenvalue weighted by Crippen LogP contribution is 2.32. The van der Waals surface area contributed by atoms with Gasteiger partial charge in [-0.15, -0.1) is 0 Å². The van der Waals surface area contributed by atoms with E-state index in [0.717, 1.165) is 19.4 Å². The van der Waals surface area contributed by atoms with Gasteiger partial charge in [-0.3, -0.25) is 9.59 Å². The van der Waals surface area contributed by atoms with Crippen LogP contribution in [0.3, 0.4) is 0 Å². The van der Waals surface area contributed by atoms with Crippen molar-refractivity contribution in [1.82, 2.24) is 5.32 Å². The summed E-state index contributed by atoms with van der Waals surface area (Å²) in [5.41, 5.74) is 0. The lowest BCUT2D eigenvalue weighted by Gasteiger charge is -2.17. The summed E-state index contributed by atoms with van der Waals surface area (Å²) < 4.78 is 5.23. The molecule has 2 fully saturated rings. The zero-order chi connectivity index (χ0) is 12.3. The van der Waals surface area contributed by atoms with E-state index in [-0.39, 0.29) is 11.8 Å². The average Bonchev–Trinajstić information content (AvgIpc) is 2.96. The number of aliphatic carboxylic acids is 1. The lowest BCUT2D eigenvalue weighted by Crippen LogP contribution is -2.37. The molecular formula is C12H19NO4. The van der Waals surface area contributed by atoms with Gasteiger partial charge in [-0.1, -0.05) is 6.42 Å². The number of carboxylic acids is 1. The van der Waals surface area contributed by atoms with Crippen molar-refractivity contribution in [3.05, 3.63) is 0 Å². The second-order valence-corrected chi connectivity index (χ2v) is 4.96. The number of carboxylic acid groups (broad SMARTS) is 1. The summed E-state index contributed by atoms with van der Waals surface area (Å²) in [6, 6.07) is 0. The van der Waals surface area contributed by atoms with E-state index in [1.165, 1.54) is 0 Å². The molecule has 1 heterocycles. The topological polar surface area (TPSA) is 75.6 Å². The number of carbonyl (C=O) groups is 2. The molecule has 2 aliphatic rings. The molecule has 0 radical (unpaired) electrons. The van der Waals surface area contributed by atoms with Crippen LogP contribution in [0, 0.1) is 17.8 Å². The Labute approximate surface area is 101 Å². The Morgan fingerprint density at radius 2 is 2.00 bits per heavy atom. The van der Waals surface area contributed by atoms with Gasteiger partial charge in [0, 0.05) is 19.1 Å². The van der Waals surface area contributed by atoms with E-state index in [2.05, 4.69) is 5.32 Å². The number of carbonyl (C=O) groups excluding carboxylic acids is 1. The van der Waals surface area contributed by atoms with Gasteiger partial charge in [-0.05, 0) is 19.3 Å². The lowest BCUT2D eigenvalue weighted by molar-refractivity contribution is -0.146. The van der Waals surface area contributed by atoms with Crippen LogP contribution in [-0.4, -0.2) is 36.7 Å². The van der Waals surface area contributed by atoms with Crippen molar-refractivity contribution in [2.24, 2.45) is 17.8 Å². The summed E-state index contributed by atoms with van der Waals surface area (Å²) in [5.74, 6) is -1.37. The van der Waals surface area contributed by atoms with Crippen LogP contribution in [0.15, 0.2) is 0 Å². The average molecular weight is 241 g/mol. The van der Waals surface area contributed by atoms with Crippen LogP contribution in [-0.2, 0) is 14.3 Å². The van der Waals surface area contributed by atoms with Gasteiger partial charge in [0.1, 0.15) is 0 Å². The summed E-state index contributed by atoms with van der Waals surface area (Å²) in [6.07, 6.45) is 3.14. The van der Waals surface area contributed by atoms with Gasteiger partial charge in [0.15, 0.2) is 0 Å². The Hall–Kier alpha value is -1.10. The molecule has 0 aromatic rings. The Kier molecular flexibility index (Phi) is 3.99. The normalized spacial score (nSPS) is 32.6. The summed E-state index contributed by atoms with van der Waals surface area (Å²) in [6.45, 7) is 2.08. The molecule has 0 bridgehead atoms. The summed E-state index contributed by atoms with van der Waals surface area (Å²) in [7, 11) is 0. The van der Waals surface area contributed by atoms with Crippen molar-refractivity contribution < 1.29 is 19.4 Å². The van der Waals surface area contributed by atoms with Gasteiger partial charge in [0.25, 0.3) is 0 Å². The molecule has 1 aliphatic carbocycles. The first-order chi connectivity index (χ1) is 8.18. The molecule has 0 aromatic heterocycles. The minimum Gasteiger partial charge on any atom is -0.481 e. The predicted molar refractivity (Wildman–Crippen MR) is 60.4 cm³/mol. The van der Waals surface area contributed by atoms with Crippen molar-refractivity contribution in [3.8, 4) is 0 Å². The molecule has 17 heavy (non-hydrogen) atoms. The van der Waals surface area contributed by atoms with Crippen molar-refractivity contribution in [2.75, 3.05) is 19.8 Å². The fourth-order valence-corrected chi connectivity index (χ4v) is 2.69. The first-order valence-corrected chi connectivity index (χ1v) is 6.26. The Balaban J connectivity index is 1.80. The van der Waals surface area contributed by atoms with Crippen LogP contribution in [0.5, 0.6) is 0 Å². The van der Waals surface area contributed by atoms with Crippen LogP contribution < -0.4 is 5.32 Å². The molecule has 96 valence electrons. The molecule has 1 amide bonds. The van der Waals surface area contributed by atoms with E-state index in [0.29, 0.717) is 31.9 Å². The zero-order valence-electron chi connectivity index (χ0n) is 9.85. The molecule has 0 aromatic carbocycles. The maximum Gasteiger partial charge on any atom is 0.307 e. The fraction of sp³-hybridized carbons (Fsp3) is 0.833. The van der Waals surface area contributed by atoms with E-state index >= 15 is 0 Å². The van der Waals surface area contributed by atoms with Gasteiger partial charge in [-0.2, -0.15) is 0 Å². The van der Waals surface area contributed by atoms with Gasteiger partial charge in [0.05, 0.1) is 18.4 Å².